The van der Waals surface area contributed by atoms with E-state index in [4.69, 9.17) is 4.74 Å². The van der Waals surface area contributed by atoms with E-state index in [0.29, 0.717) is 17.0 Å². The van der Waals surface area contributed by atoms with E-state index in [0.717, 1.165) is 37.1 Å². The highest BCUT2D eigenvalue weighted by atomic mass is 19.1. The summed E-state index contributed by atoms with van der Waals surface area (Å²) in [5, 5.41) is 4.64. The molecular weight excluding hydrogens is 358 g/mol. The van der Waals surface area contributed by atoms with Crippen LogP contribution in [0.2, 0.25) is 0 Å². The molecular formula is C23H26F2N2O. The topological polar surface area (TPSA) is 27.1 Å². The van der Waals surface area contributed by atoms with E-state index in [9.17, 15) is 8.78 Å². The van der Waals surface area contributed by atoms with E-state index in [1.54, 1.807) is 20.1 Å². The zero-order chi connectivity index (χ0) is 20.1. The van der Waals surface area contributed by atoms with E-state index in [1.807, 2.05) is 35.9 Å². The number of aryl methyl sites for hydroxylation is 1. The van der Waals surface area contributed by atoms with Crippen LogP contribution >= 0.6 is 0 Å². The number of methoxy groups -OCH3 is 1. The number of allylic oxidation sites excluding steroid dienone is 5. The van der Waals surface area contributed by atoms with Gasteiger partial charge in [-0.1, -0.05) is 25.1 Å². The second-order valence-corrected chi connectivity index (χ2v) is 6.91. The third-order valence-corrected chi connectivity index (χ3v) is 5.03. The number of ether oxygens (including phenoxy) is 1. The van der Waals surface area contributed by atoms with Crippen LogP contribution in [0.3, 0.4) is 0 Å². The second-order valence-electron chi connectivity index (χ2n) is 6.91. The fourth-order valence-electron chi connectivity index (χ4n) is 3.57. The summed E-state index contributed by atoms with van der Waals surface area (Å²) in [4.78, 5) is 0. The summed E-state index contributed by atoms with van der Waals surface area (Å²) in [7, 11) is 1.58. The maximum absolute atomic E-state index is 14.6. The number of hydrogen-bond acceptors (Lipinski definition) is 2. The summed E-state index contributed by atoms with van der Waals surface area (Å²) in [6.45, 7) is 4.47. The minimum Gasteiger partial charge on any atom is -0.497 e. The minimum absolute atomic E-state index is 0.229. The molecule has 1 aromatic heterocycles. The molecule has 1 unspecified atom stereocenters. The van der Waals surface area contributed by atoms with Gasteiger partial charge in [0.1, 0.15) is 17.4 Å². The molecule has 3 rings (SSSR count). The van der Waals surface area contributed by atoms with E-state index in [2.05, 4.69) is 5.10 Å². The third-order valence-electron chi connectivity index (χ3n) is 5.03. The molecule has 0 amide bonds. The van der Waals surface area contributed by atoms with E-state index >= 15 is 0 Å². The molecule has 148 valence electrons. The first-order chi connectivity index (χ1) is 13.5. The van der Waals surface area contributed by atoms with Gasteiger partial charge in [0.25, 0.3) is 0 Å². The van der Waals surface area contributed by atoms with Gasteiger partial charge in [-0.25, -0.2) is 8.78 Å². The smallest absolute Gasteiger partial charge is 0.128 e. The fraction of sp³-hybridized carbons (Fsp3) is 0.348. The molecule has 1 aromatic carbocycles. The van der Waals surface area contributed by atoms with Crippen molar-refractivity contribution in [2.24, 2.45) is 0 Å². The zero-order valence-electron chi connectivity index (χ0n) is 16.6. The van der Waals surface area contributed by atoms with Crippen LogP contribution in [-0.2, 0) is 17.7 Å². The molecule has 1 atom stereocenters. The lowest BCUT2D eigenvalue weighted by Crippen LogP contribution is -1.99. The molecule has 2 heterocycles. The van der Waals surface area contributed by atoms with Gasteiger partial charge in [0, 0.05) is 23.7 Å². The molecule has 0 N–H and O–H groups in total. The molecule has 0 aliphatic carbocycles. The van der Waals surface area contributed by atoms with Crippen LogP contribution in [0.4, 0.5) is 8.78 Å². The molecule has 0 saturated heterocycles. The Morgan fingerprint density at radius 1 is 1.32 bits per heavy atom. The van der Waals surface area contributed by atoms with Gasteiger partial charge in [-0.15, -0.1) is 0 Å². The van der Waals surface area contributed by atoms with Gasteiger partial charge in [-0.3, -0.25) is 4.68 Å². The predicted molar refractivity (Wildman–Crippen MR) is 108 cm³/mol. The number of benzene rings is 1. The van der Waals surface area contributed by atoms with Gasteiger partial charge in [0.15, 0.2) is 0 Å². The van der Waals surface area contributed by atoms with Gasteiger partial charge < -0.3 is 4.74 Å². The fourth-order valence-corrected chi connectivity index (χ4v) is 3.57. The molecule has 1 aliphatic rings. The Morgan fingerprint density at radius 2 is 2.07 bits per heavy atom. The number of nitrogens with zero attached hydrogens (tertiary/aromatic N) is 2. The van der Waals surface area contributed by atoms with Crippen LogP contribution in [0.5, 0.6) is 0 Å². The number of hydrogen-bond donors (Lipinski definition) is 0. The van der Waals surface area contributed by atoms with Gasteiger partial charge in [-0.2, -0.15) is 5.10 Å². The summed E-state index contributed by atoms with van der Waals surface area (Å²) in [5.74, 6) is 0.347. The van der Waals surface area contributed by atoms with Crippen molar-refractivity contribution in [3.05, 3.63) is 82.9 Å². The largest absolute Gasteiger partial charge is 0.497 e. The van der Waals surface area contributed by atoms with Gasteiger partial charge in [-0.05, 0) is 62.1 Å². The number of rotatable bonds is 7. The highest BCUT2D eigenvalue weighted by Crippen LogP contribution is 2.35. The standard InChI is InChI=1S/C23H26F2N2O/c1-4-6-19(28-3)14-20(21(25)5-2)22-15-23-17(11-12-27(23)26-22)13-16-7-9-18(24)10-8-16/h5-10,14-15,17H,4,11-13H2,1-3H3/b19-6-,20-14+,21-5+. The highest BCUT2D eigenvalue weighted by molar-refractivity contribution is 5.76. The molecule has 3 nitrogen and oxygen atoms in total. The normalized spacial score (nSPS) is 17.8. The van der Waals surface area contributed by atoms with Crippen molar-refractivity contribution < 1.29 is 13.5 Å². The number of fused-ring (bicyclic) bond motifs is 1. The van der Waals surface area contributed by atoms with Crippen molar-refractivity contribution in [1.82, 2.24) is 9.78 Å². The monoisotopic (exact) mass is 384 g/mol. The molecule has 0 bridgehead atoms. The average molecular weight is 384 g/mol. The Labute approximate surface area is 165 Å². The van der Waals surface area contributed by atoms with Crippen LogP contribution in [0, 0.1) is 5.82 Å². The molecule has 28 heavy (non-hydrogen) atoms. The van der Waals surface area contributed by atoms with E-state index in [1.165, 1.54) is 18.2 Å². The summed E-state index contributed by atoms with van der Waals surface area (Å²) in [6, 6.07) is 8.58. The molecule has 1 aliphatic heterocycles. The first kappa shape index (κ1) is 20.1. The Morgan fingerprint density at radius 3 is 2.71 bits per heavy atom. The van der Waals surface area contributed by atoms with Gasteiger partial charge in [0.05, 0.1) is 12.8 Å². The Balaban J connectivity index is 1.90. The maximum atomic E-state index is 14.6. The van der Waals surface area contributed by atoms with E-state index in [-0.39, 0.29) is 17.6 Å². The summed E-state index contributed by atoms with van der Waals surface area (Å²) in [6.07, 6.45) is 7.63. The maximum Gasteiger partial charge on any atom is 0.128 e. The van der Waals surface area contributed by atoms with Gasteiger partial charge in [0.2, 0.25) is 0 Å². The summed E-state index contributed by atoms with van der Waals surface area (Å²) >= 11 is 0. The first-order valence-corrected chi connectivity index (χ1v) is 9.66. The van der Waals surface area contributed by atoms with Crippen molar-refractivity contribution in [2.45, 2.75) is 45.6 Å². The van der Waals surface area contributed by atoms with Crippen molar-refractivity contribution in [3.63, 3.8) is 0 Å². The molecule has 5 heteroatoms. The van der Waals surface area contributed by atoms with Crippen LogP contribution in [0.25, 0.3) is 5.57 Å². The summed E-state index contributed by atoms with van der Waals surface area (Å²) in [5.41, 5.74) is 3.21. The summed E-state index contributed by atoms with van der Waals surface area (Å²) < 4.78 is 35.0. The van der Waals surface area contributed by atoms with E-state index < -0.39 is 0 Å². The molecule has 0 radical (unpaired) electrons. The van der Waals surface area contributed by atoms with Crippen molar-refractivity contribution in [2.75, 3.05) is 7.11 Å². The van der Waals surface area contributed by atoms with Crippen molar-refractivity contribution in [3.8, 4) is 0 Å². The van der Waals surface area contributed by atoms with Crippen LogP contribution in [-0.4, -0.2) is 16.9 Å². The highest BCUT2D eigenvalue weighted by Gasteiger charge is 2.26. The predicted octanol–water partition coefficient (Wildman–Crippen LogP) is 5.95. The lowest BCUT2D eigenvalue weighted by atomic mass is 9.94. The minimum atomic E-state index is -0.328. The third kappa shape index (κ3) is 4.41. The molecule has 0 fully saturated rings. The number of aromatic nitrogens is 2. The van der Waals surface area contributed by atoms with Crippen molar-refractivity contribution in [1.29, 1.82) is 0 Å². The first-order valence-electron chi connectivity index (χ1n) is 9.66. The van der Waals surface area contributed by atoms with Crippen LogP contribution in [0.1, 0.15) is 49.6 Å². The zero-order valence-corrected chi connectivity index (χ0v) is 16.6. The van der Waals surface area contributed by atoms with Gasteiger partial charge >= 0.3 is 0 Å². The quantitative estimate of drug-likeness (QED) is 0.436. The lowest BCUT2D eigenvalue weighted by Gasteiger charge is -2.09. The molecule has 0 saturated carbocycles. The van der Waals surface area contributed by atoms with Crippen LogP contribution in [0.15, 0.2) is 60.1 Å². The Hall–Kier alpha value is -2.69. The lowest BCUT2D eigenvalue weighted by molar-refractivity contribution is 0.305. The average Bonchev–Trinajstić information content (AvgIpc) is 3.28. The second kappa shape index (κ2) is 9.00. The SMILES string of the molecule is C\C=C(F)/C(=C\C(=C\CC)OC)c1cc2n(n1)CCC2Cc1ccc(F)cc1. The van der Waals surface area contributed by atoms with Crippen molar-refractivity contribution >= 4 is 5.57 Å². The Bertz CT molecular complexity index is 907. The Kier molecular flexibility index (Phi) is 6.45. The molecule has 0 spiro atoms. The molecule has 2 aromatic rings. The van der Waals surface area contributed by atoms with Crippen LogP contribution < -0.4 is 0 Å². The number of halogens is 2.